The van der Waals surface area contributed by atoms with Crippen molar-refractivity contribution in [1.29, 1.82) is 0 Å². The van der Waals surface area contributed by atoms with E-state index in [1.165, 1.54) is 0 Å². The van der Waals surface area contributed by atoms with E-state index in [1.54, 1.807) is 11.9 Å². The molecule has 2 unspecified atom stereocenters. The zero-order valence-electron chi connectivity index (χ0n) is 7.60. The molecular weight excluding hydrogens is 194 g/mol. The molecule has 0 radical (unpaired) electrons. The van der Waals surface area contributed by atoms with Gasteiger partial charge in [0.15, 0.2) is 9.84 Å². The number of rotatable bonds is 2. The van der Waals surface area contributed by atoms with Crippen LogP contribution in [0.15, 0.2) is 0 Å². The van der Waals surface area contributed by atoms with Crippen LogP contribution >= 0.6 is 0 Å². The van der Waals surface area contributed by atoms with Crippen molar-refractivity contribution in [3.63, 3.8) is 0 Å². The molecule has 0 saturated carbocycles. The summed E-state index contributed by atoms with van der Waals surface area (Å²) in [4.78, 5) is 12.2. The van der Waals surface area contributed by atoms with Gasteiger partial charge in [-0.2, -0.15) is 0 Å². The summed E-state index contributed by atoms with van der Waals surface area (Å²) in [5.41, 5.74) is 0. The number of hydrogen-bond acceptors (Lipinski definition) is 4. The first-order valence-electron chi connectivity index (χ1n) is 3.94. The summed E-state index contributed by atoms with van der Waals surface area (Å²) in [6, 6.07) is -0.653. The number of nitrogens with zero attached hydrogens (tertiary/aromatic N) is 1. The van der Waals surface area contributed by atoms with E-state index >= 15 is 0 Å². The Morgan fingerprint density at radius 1 is 1.54 bits per heavy atom. The third-order valence-corrected chi connectivity index (χ3v) is 3.95. The van der Waals surface area contributed by atoms with E-state index in [1.807, 2.05) is 0 Å². The predicted octanol–water partition coefficient (Wildman–Crippen LogP) is -0.812. The summed E-state index contributed by atoms with van der Waals surface area (Å²) in [5.74, 6) is -0.950. The zero-order valence-corrected chi connectivity index (χ0v) is 8.41. The Morgan fingerprint density at radius 3 is 2.31 bits per heavy atom. The smallest absolute Gasteiger partial charge is 0.320 e. The lowest BCUT2D eigenvalue weighted by atomic mass is 10.2. The van der Waals surface area contributed by atoms with Crippen molar-refractivity contribution in [2.75, 3.05) is 19.8 Å². The van der Waals surface area contributed by atoms with E-state index in [9.17, 15) is 13.2 Å². The van der Waals surface area contributed by atoms with E-state index in [0.29, 0.717) is 6.54 Å². The molecule has 1 N–H and O–H groups in total. The van der Waals surface area contributed by atoms with Gasteiger partial charge >= 0.3 is 5.97 Å². The minimum Gasteiger partial charge on any atom is -0.480 e. The molecule has 0 spiro atoms. The van der Waals surface area contributed by atoms with E-state index in [2.05, 4.69) is 0 Å². The zero-order chi connectivity index (χ0) is 10.2. The van der Waals surface area contributed by atoms with Crippen molar-refractivity contribution in [1.82, 2.24) is 4.90 Å². The van der Waals surface area contributed by atoms with Crippen LogP contribution in [0, 0.1) is 0 Å². The lowest BCUT2D eigenvalue weighted by molar-refractivity contribution is -0.141. The van der Waals surface area contributed by atoms with Crippen molar-refractivity contribution in [3.05, 3.63) is 0 Å². The lowest BCUT2D eigenvalue weighted by Gasteiger charge is -2.13. The highest BCUT2D eigenvalue weighted by Gasteiger charge is 2.38. The third kappa shape index (κ3) is 2.19. The Balaban J connectivity index is 2.77. The summed E-state index contributed by atoms with van der Waals surface area (Å²) in [6.45, 7) is 0.315. The van der Waals surface area contributed by atoms with E-state index in [4.69, 9.17) is 5.11 Å². The molecule has 0 aromatic carbocycles. The monoisotopic (exact) mass is 207 g/mol. The van der Waals surface area contributed by atoms with Gasteiger partial charge in [-0.05, 0) is 13.5 Å². The molecule has 0 bridgehead atoms. The van der Waals surface area contributed by atoms with Crippen LogP contribution in [0.1, 0.15) is 6.42 Å². The van der Waals surface area contributed by atoms with Crippen molar-refractivity contribution in [2.24, 2.45) is 0 Å². The van der Waals surface area contributed by atoms with Gasteiger partial charge < -0.3 is 5.11 Å². The predicted molar refractivity (Wildman–Crippen MR) is 47.3 cm³/mol. The first-order chi connectivity index (χ1) is 5.82. The molecule has 76 valence electrons. The normalized spacial score (nSPS) is 30.6. The quantitative estimate of drug-likeness (QED) is 0.641. The van der Waals surface area contributed by atoms with E-state index in [0.717, 1.165) is 6.26 Å². The molecule has 13 heavy (non-hydrogen) atoms. The molecule has 1 saturated heterocycles. The van der Waals surface area contributed by atoms with Crippen LogP contribution in [-0.4, -0.2) is 55.5 Å². The molecule has 2 atom stereocenters. The van der Waals surface area contributed by atoms with Crippen LogP contribution in [-0.2, 0) is 14.6 Å². The van der Waals surface area contributed by atoms with Crippen molar-refractivity contribution in [3.8, 4) is 0 Å². The summed E-state index contributed by atoms with van der Waals surface area (Å²) < 4.78 is 22.3. The Morgan fingerprint density at radius 2 is 2.08 bits per heavy atom. The van der Waals surface area contributed by atoms with Gasteiger partial charge in [0.2, 0.25) is 0 Å². The molecule has 0 aliphatic carbocycles. The molecule has 0 amide bonds. The van der Waals surface area contributed by atoms with Crippen LogP contribution in [0.4, 0.5) is 0 Å². The third-order valence-electron chi connectivity index (χ3n) is 2.40. The van der Waals surface area contributed by atoms with Gasteiger partial charge in [0.05, 0.1) is 5.25 Å². The number of carbonyl (C=O) groups is 1. The van der Waals surface area contributed by atoms with Gasteiger partial charge in [-0.15, -0.1) is 0 Å². The van der Waals surface area contributed by atoms with Crippen LogP contribution < -0.4 is 0 Å². The number of sulfone groups is 1. The fourth-order valence-electron chi connectivity index (χ4n) is 1.55. The first-order valence-corrected chi connectivity index (χ1v) is 5.89. The first kappa shape index (κ1) is 10.5. The van der Waals surface area contributed by atoms with E-state index < -0.39 is 27.1 Å². The maximum atomic E-state index is 11.1. The molecule has 0 aromatic heterocycles. The number of carboxylic acids is 1. The maximum Gasteiger partial charge on any atom is 0.320 e. The van der Waals surface area contributed by atoms with Gasteiger partial charge in [0.25, 0.3) is 0 Å². The lowest BCUT2D eigenvalue weighted by Crippen LogP contribution is -2.32. The second-order valence-corrected chi connectivity index (χ2v) is 5.81. The second-order valence-electron chi connectivity index (χ2n) is 3.48. The average molecular weight is 207 g/mol. The van der Waals surface area contributed by atoms with Gasteiger partial charge in [0, 0.05) is 12.8 Å². The molecule has 6 heteroatoms. The van der Waals surface area contributed by atoms with E-state index in [-0.39, 0.29) is 6.42 Å². The SMILES string of the molecule is CN1CC(S(C)(=O)=O)CC1C(=O)O. The Kier molecular flexibility index (Phi) is 2.63. The van der Waals surface area contributed by atoms with Crippen LogP contribution in [0.25, 0.3) is 0 Å². The molecule has 0 aromatic rings. The van der Waals surface area contributed by atoms with Crippen LogP contribution in [0.3, 0.4) is 0 Å². The topological polar surface area (TPSA) is 74.7 Å². The standard InChI is InChI=1S/C7H13NO4S/c1-8-4-5(13(2,11)12)3-6(8)7(9)10/h5-6H,3-4H2,1-2H3,(H,9,10). The fraction of sp³-hybridized carbons (Fsp3) is 0.857. The van der Waals surface area contributed by atoms with Gasteiger partial charge in [0.1, 0.15) is 6.04 Å². The number of hydrogen-bond donors (Lipinski definition) is 1. The van der Waals surface area contributed by atoms with Gasteiger partial charge in [-0.25, -0.2) is 8.42 Å². The summed E-state index contributed by atoms with van der Waals surface area (Å²) >= 11 is 0. The highest BCUT2D eigenvalue weighted by Crippen LogP contribution is 2.21. The highest BCUT2D eigenvalue weighted by atomic mass is 32.2. The molecule has 1 rings (SSSR count). The summed E-state index contributed by atoms with van der Waals surface area (Å²) in [6.07, 6.45) is 1.35. The van der Waals surface area contributed by atoms with Crippen LogP contribution in [0.2, 0.25) is 0 Å². The number of aliphatic carboxylic acids is 1. The number of likely N-dealkylation sites (N-methyl/N-ethyl adjacent to an activating group) is 1. The molecular formula is C7H13NO4S. The van der Waals surface area contributed by atoms with Crippen molar-refractivity contribution in [2.45, 2.75) is 17.7 Å². The highest BCUT2D eigenvalue weighted by molar-refractivity contribution is 7.91. The molecule has 1 heterocycles. The Labute approximate surface area is 77.3 Å². The minimum atomic E-state index is -3.11. The Bertz CT molecular complexity index is 310. The molecule has 1 fully saturated rings. The van der Waals surface area contributed by atoms with Crippen molar-refractivity contribution < 1.29 is 18.3 Å². The maximum absolute atomic E-state index is 11.1. The van der Waals surface area contributed by atoms with Crippen molar-refractivity contribution >= 4 is 15.8 Å². The number of likely N-dealkylation sites (tertiary alicyclic amines) is 1. The van der Waals surface area contributed by atoms with Crippen LogP contribution in [0.5, 0.6) is 0 Å². The average Bonchev–Trinajstić information content (AvgIpc) is 2.29. The Hall–Kier alpha value is -0.620. The summed E-state index contributed by atoms with van der Waals surface area (Å²) in [5, 5.41) is 8.20. The minimum absolute atomic E-state index is 0.199. The van der Waals surface area contributed by atoms with Gasteiger partial charge in [-0.3, -0.25) is 9.69 Å². The molecule has 5 nitrogen and oxygen atoms in total. The summed E-state index contributed by atoms with van der Waals surface area (Å²) in [7, 11) is -1.48. The second kappa shape index (κ2) is 3.26. The van der Waals surface area contributed by atoms with Gasteiger partial charge in [-0.1, -0.05) is 0 Å². The largest absolute Gasteiger partial charge is 0.480 e. The fourth-order valence-corrected chi connectivity index (χ4v) is 2.59. The number of carboxylic acid groups (broad SMARTS) is 1. The molecule has 1 aliphatic heterocycles. The molecule has 1 aliphatic rings.